The molecule has 1 amide bonds. The van der Waals surface area contributed by atoms with Crippen LogP contribution in [0.2, 0.25) is 5.15 Å². The second kappa shape index (κ2) is 6.75. The van der Waals surface area contributed by atoms with Gasteiger partial charge in [-0.15, -0.1) is 0 Å². The lowest BCUT2D eigenvalue weighted by molar-refractivity contribution is -0.117. The third-order valence-electron chi connectivity index (χ3n) is 3.60. The number of aromatic nitrogens is 1. The van der Waals surface area contributed by atoms with Gasteiger partial charge in [0.05, 0.1) is 17.6 Å². The lowest BCUT2D eigenvalue weighted by Gasteiger charge is -2.21. The zero-order chi connectivity index (χ0) is 13.7. The number of hydrogen-bond donors (Lipinski definition) is 2. The van der Waals surface area contributed by atoms with E-state index >= 15 is 0 Å². The van der Waals surface area contributed by atoms with E-state index in [9.17, 15) is 4.79 Å². The van der Waals surface area contributed by atoms with E-state index in [1.807, 2.05) is 0 Å². The second-order valence-corrected chi connectivity index (χ2v) is 5.43. The highest BCUT2D eigenvalue weighted by Crippen LogP contribution is 2.27. The van der Waals surface area contributed by atoms with Gasteiger partial charge in [-0.3, -0.25) is 4.79 Å². The molecular weight excluding hydrogens is 262 g/mol. The monoisotopic (exact) mass is 281 g/mol. The van der Waals surface area contributed by atoms with Crippen molar-refractivity contribution in [3.8, 4) is 0 Å². The van der Waals surface area contributed by atoms with E-state index in [-0.39, 0.29) is 5.91 Å². The molecule has 1 saturated carbocycles. The highest BCUT2D eigenvalue weighted by Gasteiger charge is 2.17. The molecule has 0 spiro atoms. The predicted molar refractivity (Wildman–Crippen MR) is 78.6 cm³/mol. The van der Waals surface area contributed by atoms with Crippen molar-refractivity contribution >= 4 is 28.9 Å². The van der Waals surface area contributed by atoms with E-state index in [2.05, 4.69) is 15.6 Å². The Bertz CT molecular complexity index is 444. The van der Waals surface area contributed by atoms with E-state index in [0.717, 1.165) is 18.5 Å². The van der Waals surface area contributed by atoms with Gasteiger partial charge in [-0.25, -0.2) is 4.98 Å². The number of hydrogen-bond acceptors (Lipinski definition) is 3. The van der Waals surface area contributed by atoms with E-state index < -0.39 is 0 Å². The molecule has 2 N–H and O–H groups in total. The third kappa shape index (κ3) is 4.10. The average molecular weight is 282 g/mol. The van der Waals surface area contributed by atoms with Crippen molar-refractivity contribution in [1.82, 2.24) is 4.98 Å². The number of halogens is 1. The van der Waals surface area contributed by atoms with Crippen molar-refractivity contribution in [2.24, 2.45) is 5.92 Å². The van der Waals surface area contributed by atoms with Crippen LogP contribution in [0.25, 0.3) is 0 Å². The molecule has 0 radical (unpaired) electrons. The van der Waals surface area contributed by atoms with Crippen LogP contribution in [-0.2, 0) is 4.79 Å². The molecule has 1 aliphatic rings. The van der Waals surface area contributed by atoms with Crippen LogP contribution in [0.3, 0.4) is 0 Å². The van der Waals surface area contributed by atoms with Crippen LogP contribution < -0.4 is 10.6 Å². The topological polar surface area (TPSA) is 54.0 Å². The third-order valence-corrected chi connectivity index (χ3v) is 3.90. The van der Waals surface area contributed by atoms with Gasteiger partial charge >= 0.3 is 0 Å². The highest BCUT2D eigenvalue weighted by atomic mass is 35.5. The Hall–Kier alpha value is -1.29. The summed E-state index contributed by atoms with van der Waals surface area (Å²) in [4.78, 5) is 16.1. The summed E-state index contributed by atoms with van der Waals surface area (Å²) in [7, 11) is 1.80. The summed E-state index contributed by atoms with van der Waals surface area (Å²) in [6.07, 6.45) is 8.34. The second-order valence-electron chi connectivity index (χ2n) is 5.07. The summed E-state index contributed by atoms with van der Waals surface area (Å²) < 4.78 is 0. The van der Waals surface area contributed by atoms with E-state index in [1.54, 1.807) is 19.3 Å². The Kier molecular flexibility index (Phi) is 5.02. The van der Waals surface area contributed by atoms with Crippen molar-refractivity contribution in [2.75, 3.05) is 17.7 Å². The fraction of sp³-hybridized carbons (Fsp3) is 0.571. The van der Waals surface area contributed by atoms with Gasteiger partial charge in [0.2, 0.25) is 5.91 Å². The molecule has 4 nitrogen and oxygen atoms in total. The molecule has 104 valence electrons. The lowest BCUT2D eigenvalue weighted by Crippen LogP contribution is -2.18. The Morgan fingerprint density at radius 3 is 2.84 bits per heavy atom. The maximum atomic E-state index is 12.0. The van der Waals surface area contributed by atoms with Gasteiger partial charge in [-0.2, -0.15) is 0 Å². The first-order chi connectivity index (χ1) is 9.19. The van der Waals surface area contributed by atoms with Gasteiger partial charge in [0.15, 0.2) is 5.15 Å². The Morgan fingerprint density at radius 1 is 1.42 bits per heavy atom. The molecule has 1 aliphatic carbocycles. The number of rotatable bonds is 4. The maximum absolute atomic E-state index is 12.0. The van der Waals surface area contributed by atoms with Gasteiger partial charge in [0.1, 0.15) is 0 Å². The van der Waals surface area contributed by atoms with Crippen molar-refractivity contribution in [3.63, 3.8) is 0 Å². The molecule has 1 aromatic heterocycles. The van der Waals surface area contributed by atoms with Gasteiger partial charge < -0.3 is 10.6 Å². The SMILES string of the molecule is CNc1cnc(Cl)c(NC(=O)CC2CCCCC2)c1. The summed E-state index contributed by atoms with van der Waals surface area (Å²) in [5.74, 6) is 0.553. The normalized spacial score (nSPS) is 16.1. The fourth-order valence-corrected chi connectivity index (χ4v) is 2.68. The number of carbonyl (C=O) groups excluding carboxylic acids is 1. The van der Waals surface area contributed by atoms with Crippen LogP contribution in [-0.4, -0.2) is 17.9 Å². The summed E-state index contributed by atoms with van der Waals surface area (Å²) in [5.41, 5.74) is 1.41. The van der Waals surface area contributed by atoms with Crippen LogP contribution in [0.15, 0.2) is 12.3 Å². The summed E-state index contributed by atoms with van der Waals surface area (Å²) >= 11 is 5.99. The van der Waals surface area contributed by atoms with Crippen LogP contribution in [0.1, 0.15) is 38.5 Å². The highest BCUT2D eigenvalue weighted by molar-refractivity contribution is 6.32. The minimum atomic E-state index is 0.0313. The first-order valence-corrected chi connectivity index (χ1v) is 7.20. The van der Waals surface area contributed by atoms with Crippen molar-refractivity contribution in [1.29, 1.82) is 0 Å². The van der Waals surface area contributed by atoms with Crippen molar-refractivity contribution in [3.05, 3.63) is 17.4 Å². The Balaban J connectivity index is 1.94. The van der Waals surface area contributed by atoms with Gasteiger partial charge in [0, 0.05) is 13.5 Å². The number of carbonyl (C=O) groups is 1. The number of nitrogens with zero attached hydrogens (tertiary/aromatic N) is 1. The van der Waals surface area contributed by atoms with Gasteiger partial charge in [-0.05, 0) is 24.8 Å². The molecule has 1 heterocycles. The maximum Gasteiger partial charge on any atom is 0.224 e. The molecule has 1 fully saturated rings. The molecular formula is C14H20ClN3O. The smallest absolute Gasteiger partial charge is 0.224 e. The first kappa shape index (κ1) is 14.1. The number of nitrogens with one attached hydrogen (secondary N) is 2. The molecule has 5 heteroatoms. The minimum Gasteiger partial charge on any atom is -0.387 e. The van der Waals surface area contributed by atoms with E-state index in [1.165, 1.54) is 19.3 Å². The predicted octanol–water partition coefficient (Wildman–Crippen LogP) is 3.69. The van der Waals surface area contributed by atoms with Crippen LogP contribution in [0, 0.1) is 5.92 Å². The van der Waals surface area contributed by atoms with E-state index in [4.69, 9.17) is 11.6 Å². The molecule has 1 aromatic rings. The lowest BCUT2D eigenvalue weighted by atomic mass is 9.87. The Morgan fingerprint density at radius 2 is 2.16 bits per heavy atom. The summed E-state index contributed by atoms with van der Waals surface area (Å²) in [6, 6.07) is 1.80. The van der Waals surface area contributed by atoms with Gasteiger partial charge in [0.25, 0.3) is 0 Å². The molecule has 0 unspecified atom stereocenters. The molecule has 0 saturated heterocycles. The van der Waals surface area contributed by atoms with Crippen molar-refractivity contribution < 1.29 is 4.79 Å². The zero-order valence-corrected chi connectivity index (χ0v) is 12.0. The first-order valence-electron chi connectivity index (χ1n) is 6.82. The number of amides is 1. The molecule has 2 rings (SSSR count). The number of pyridine rings is 1. The number of anilines is 2. The summed E-state index contributed by atoms with van der Waals surface area (Å²) in [6.45, 7) is 0. The van der Waals surface area contributed by atoms with Crippen LogP contribution >= 0.6 is 11.6 Å². The average Bonchev–Trinajstić information content (AvgIpc) is 2.42. The zero-order valence-electron chi connectivity index (χ0n) is 11.2. The quantitative estimate of drug-likeness (QED) is 0.828. The van der Waals surface area contributed by atoms with E-state index in [0.29, 0.717) is 23.2 Å². The Labute approximate surface area is 118 Å². The molecule has 0 bridgehead atoms. The molecule has 0 atom stereocenters. The van der Waals surface area contributed by atoms with Crippen LogP contribution in [0.5, 0.6) is 0 Å². The van der Waals surface area contributed by atoms with Gasteiger partial charge in [-0.1, -0.05) is 30.9 Å². The summed E-state index contributed by atoms with van der Waals surface area (Å²) in [5, 5.41) is 6.17. The van der Waals surface area contributed by atoms with Crippen LogP contribution in [0.4, 0.5) is 11.4 Å². The van der Waals surface area contributed by atoms with Crippen molar-refractivity contribution in [2.45, 2.75) is 38.5 Å². The minimum absolute atomic E-state index is 0.0313. The molecule has 0 aromatic carbocycles. The standard InChI is InChI=1S/C14H20ClN3O/c1-16-11-8-12(14(15)17-9-11)18-13(19)7-10-5-3-2-4-6-10/h8-10,16H,2-7H2,1H3,(H,18,19). The molecule has 0 aliphatic heterocycles. The fourth-order valence-electron chi connectivity index (χ4n) is 2.53. The molecule has 19 heavy (non-hydrogen) atoms. The largest absolute Gasteiger partial charge is 0.387 e.